The highest BCUT2D eigenvalue weighted by Crippen LogP contribution is 2.35. The normalized spacial score (nSPS) is 11.5. The molecule has 6 heteroatoms. The minimum atomic E-state index is -1.05. The van der Waals surface area contributed by atoms with Gasteiger partial charge in [-0.2, -0.15) is 0 Å². The molecule has 0 saturated heterocycles. The predicted octanol–water partition coefficient (Wildman–Crippen LogP) is 5.64. The van der Waals surface area contributed by atoms with Crippen LogP contribution in [-0.2, 0) is 7.05 Å². The van der Waals surface area contributed by atoms with Crippen molar-refractivity contribution < 1.29 is 9.90 Å². The summed E-state index contributed by atoms with van der Waals surface area (Å²) in [6.45, 7) is 0. The second-order valence-corrected chi connectivity index (χ2v) is 7.78. The number of benzene rings is 3. The van der Waals surface area contributed by atoms with Crippen molar-refractivity contribution in [3.63, 3.8) is 0 Å². The van der Waals surface area contributed by atoms with Crippen LogP contribution in [0.5, 0.6) is 0 Å². The van der Waals surface area contributed by atoms with Crippen LogP contribution >= 0.6 is 0 Å². The Hall–Kier alpha value is -4.45. The van der Waals surface area contributed by atoms with Gasteiger partial charge in [0.15, 0.2) is 0 Å². The average Bonchev–Trinajstić information content (AvgIpc) is 3.37. The third kappa shape index (κ3) is 2.63. The fourth-order valence-electron chi connectivity index (χ4n) is 4.43. The van der Waals surface area contributed by atoms with Crippen LogP contribution < -0.4 is 0 Å². The van der Waals surface area contributed by atoms with E-state index in [0.717, 1.165) is 44.4 Å². The molecule has 6 rings (SSSR count). The van der Waals surface area contributed by atoms with Gasteiger partial charge in [-0.15, -0.1) is 0 Å². The van der Waals surface area contributed by atoms with Crippen molar-refractivity contribution in [3.8, 4) is 22.6 Å². The Labute approximate surface area is 182 Å². The Morgan fingerprint density at radius 2 is 1.59 bits per heavy atom. The number of aromatic amines is 1. The van der Waals surface area contributed by atoms with Crippen molar-refractivity contribution in [1.29, 1.82) is 0 Å². The lowest BCUT2D eigenvalue weighted by Gasteiger charge is -2.04. The molecule has 0 atom stereocenters. The van der Waals surface area contributed by atoms with E-state index >= 15 is 0 Å². The number of fused-ring (bicyclic) bond motifs is 4. The van der Waals surface area contributed by atoms with Crippen LogP contribution in [0.15, 0.2) is 78.9 Å². The number of aryl methyl sites for hydroxylation is 1. The van der Waals surface area contributed by atoms with Crippen molar-refractivity contribution in [2.24, 2.45) is 7.05 Å². The van der Waals surface area contributed by atoms with Gasteiger partial charge in [0.05, 0.1) is 22.2 Å². The number of hydrogen-bond donors (Lipinski definition) is 2. The number of aromatic carboxylic acids is 1. The predicted molar refractivity (Wildman–Crippen MR) is 126 cm³/mol. The fourth-order valence-corrected chi connectivity index (χ4v) is 4.43. The summed E-state index contributed by atoms with van der Waals surface area (Å²) < 4.78 is 2.07. The molecule has 0 radical (unpaired) electrons. The van der Waals surface area contributed by atoms with Crippen LogP contribution in [-0.4, -0.2) is 30.6 Å². The largest absolute Gasteiger partial charge is 0.477 e. The molecular weight excluding hydrogens is 400 g/mol. The van der Waals surface area contributed by atoms with Gasteiger partial charge >= 0.3 is 5.97 Å². The van der Waals surface area contributed by atoms with Crippen molar-refractivity contribution in [2.75, 3.05) is 0 Å². The van der Waals surface area contributed by atoms with Crippen molar-refractivity contribution in [3.05, 3.63) is 84.6 Å². The Morgan fingerprint density at radius 1 is 0.844 bits per heavy atom. The topological polar surface area (TPSA) is 83.8 Å². The summed E-state index contributed by atoms with van der Waals surface area (Å²) in [7, 11) is 2.00. The van der Waals surface area contributed by atoms with Gasteiger partial charge in [-0.25, -0.2) is 14.8 Å². The van der Waals surface area contributed by atoms with Gasteiger partial charge in [-0.05, 0) is 30.3 Å². The Balaban J connectivity index is 1.61. The minimum absolute atomic E-state index is 0.0125. The molecule has 0 aliphatic heterocycles. The maximum Gasteiger partial charge on any atom is 0.354 e. The zero-order chi connectivity index (χ0) is 21.8. The molecule has 2 N–H and O–H groups in total. The van der Waals surface area contributed by atoms with Gasteiger partial charge < -0.3 is 14.7 Å². The molecule has 0 aliphatic carbocycles. The molecule has 3 aromatic heterocycles. The number of hydrogen-bond acceptors (Lipinski definition) is 3. The number of H-pyrrole nitrogens is 1. The molecule has 0 fully saturated rings. The van der Waals surface area contributed by atoms with E-state index in [4.69, 9.17) is 4.98 Å². The molecule has 0 bridgehead atoms. The summed E-state index contributed by atoms with van der Waals surface area (Å²) in [5.74, 6) is -0.217. The molecular formula is C26H18N4O2. The summed E-state index contributed by atoms with van der Waals surface area (Å²) in [6.07, 6.45) is 0. The summed E-state index contributed by atoms with van der Waals surface area (Å²) in [4.78, 5) is 24.3. The summed E-state index contributed by atoms with van der Waals surface area (Å²) in [6, 6.07) is 25.4. The second kappa shape index (κ2) is 6.78. The van der Waals surface area contributed by atoms with E-state index in [1.807, 2.05) is 43.4 Å². The summed E-state index contributed by atoms with van der Waals surface area (Å²) in [5.41, 5.74) is 6.28. The quantitative estimate of drug-likeness (QED) is 0.390. The van der Waals surface area contributed by atoms with E-state index in [1.54, 1.807) is 6.07 Å². The number of nitrogens with one attached hydrogen (secondary N) is 1. The minimum Gasteiger partial charge on any atom is -0.477 e. The monoisotopic (exact) mass is 418 g/mol. The first-order chi connectivity index (χ1) is 15.6. The van der Waals surface area contributed by atoms with Crippen LogP contribution in [0.4, 0.5) is 0 Å². The number of carboxylic acids is 1. The molecule has 0 unspecified atom stereocenters. The number of carbonyl (C=O) groups is 1. The number of carboxylic acid groups (broad SMARTS) is 1. The zero-order valence-electron chi connectivity index (χ0n) is 17.2. The molecule has 154 valence electrons. The van der Waals surface area contributed by atoms with Crippen molar-refractivity contribution in [1.82, 2.24) is 19.5 Å². The molecule has 32 heavy (non-hydrogen) atoms. The molecule has 6 aromatic rings. The highest BCUT2D eigenvalue weighted by Gasteiger charge is 2.18. The number of aromatic nitrogens is 4. The van der Waals surface area contributed by atoms with E-state index in [2.05, 4.69) is 44.9 Å². The first-order valence-corrected chi connectivity index (χ1v) is 10.3. The molecule has 3 aromatic carbocycles. The molecule has 0 aliphatic rings. The van der Waals surface area contributed by atoms with Gasteiger partial charge in [0.2, 0.25) is 0 Å². The van der Waals surface area contributed by atoms with Gasteiger partial charge in [0.25, 0.3) is 0 Å². The van der Waals surface area contributed by atoms with E-state index in [1.165, 1.54) is 11.5 Å². The third-order valence-corrected chi connectivity index (χ3v) is 5.94. The first kappa shape index (κ1) is 18.3. The van der Waals surface area contributed by atoms with E-state index in [-0.39, 0.29) is 5.69 Å². The zero-order valence-corrected chi connectivity index (χ0v) is 17.2. The van der Waals surface area contributed by atoms with Crippen molar-refractivity contribution >= 4 is 38.8 Å². The lowest BCUT2D eigenvalue weighted by molar-refractivity contribution is 0.0690. The van der Waals surface area contributed by atoms with Gasteiger partial charge in [0, 0.05) is 34.5 Å². The van der Waals surface area contributed by atoms with E-state index in [9.17, 15) is 9.90 Å². The Bertz CT molecular complexity index is 1680. The van der Waals surface area contributed by atoms with Gasteiger partial charge in [-0.1, -0.05) is 48.5 Å². The molecule has 0 spiro atoms. The summed E-state index contributed by atoms with van der Waals surface area (Å²) in [5, 5.41) is 11.7. The highest BCUT2D eigenvalue weighted by molar-refractivity contribution is 6.11. The fraction of sp³-hybridized carbons (Fsp3) is 0.0385. The molecule has 0 amide bonds. The Morgan fingerprint density at radius 3 is 2.47 bits per heavy atom. The number of para-hydroxylation sites is 3. The third-order valence-electron chi connectivity index (χ3n) is 5.94. The van der Waals surface area contributed by atoms with E-state index < -0.39 is 5.97 Å². The SMILES string of the molecule is Cn1c(-c2cccc3c2[nH]c2ccccc23)nc2c(-c3cccc(C(=O)O)n3)cccc21. The van der Waals surface area contributed by atoms with Crippen LogP contribution in [0.2, 0.25) is 0 Å². The Kier molecular flexibility index (Phi) is 3.89. The van der Waals surface area contributed by atoms with Crippen LogP contribution in [0.1, 0.15) is 10.5 Å². The lowest BCUT2D eigenvalue weighted by Crippen LogP contribution is -2.00. The number of nitrogens with zero attached hydrogens (tertiary/aromatic N) is 3. The second-order valence-electron chi connectivity index (χ2n) is 7.78. The first-order valence-electron chi connectivity index (χ1n) is 10.3. The van der Waals surface area contributed by atoms with Gasteiger partial charge in [-0.3, -0.25) is 0 Å². The smallest absolute Gasteiger partial charge is 0.354 e. The van der Waals surface area contributed by atoms with Crippen LogP contribution in [0.25, 0.3) is 55.5 Å². The van der Waals surface area contributed by atoms with Gasteiger partial charge in [0.1, 0.15) is 11.5 Å². The highest BCUT2D eigenvalue weighted by atomic mass is 16.4. The standard InChI is InChI=1S/C26H18N4O2/c1-30-22-14-5-9-17(20-12-6-13-21(27-20)26(31)32)24(22)29-25(30)18-10-4-8-16-15-7-2-3-11-19(15)28-23(16)18/h2-14,28H,1H3,(H,31,32). The number of imidazole rings is 1. The number of rotatable bonds is 3. The van der Waals surface area contributed by atoms with E-state index in [0.29, 0.717) is 5.69 Å². The average molecular weight is 418 g/mol. The van der Waals surface area contributed by atoms with Crippen LogP contribution in [0, 0.1) is 0 Å². The lowest BCUT2D eigenvalue weighted by atomic mass is 10.1. The number of pyridine rings is 1. The van der Waals surface area contributed by atoms with Crippen LogP contribution in [0.3, 0.4) is 0 Å². The maximum atomic E-state index is 11.4. The summed E-state index contributed by atoms with van der Waals surface area (Å²) >= 11 is 0. The molecule has 6 nitrogen and oxygen atoms in total. The molecule has 0 saturated carbocycles. The molecule has 3 heterocycles. The van der Waals surface area contributed by atoms with Crippen molar-refractivity contribution in [2.45, 2.75) is 0 Å². The maximum absolute atomic E-state index is 11.4.